The number of hydrogen-bond acceptors (Lipinski definition) is 3. The van der Waals surface area contributed by atoms with E-state index in [1.54, 1.807) is 6.92 Å². The van der Waals surface area contributed by atoms with Crippen LogP contribution in [0, 0.1) is 5.92 Å². The number of ketones is 1. The molecule has 1 N–H and O–H groups in total. The number of amides is 1. The van der Waals surface area contributed by atoms with Gasteiger partial charge in [-0.2, -0.15) is 13.2 Å². The van der Waals surface area contributed by atoms with Gasteiger partial charge in [0.2, 0.25) is 0 Å². The Bertz CT molecular complexity index is 616. The van der Waals surface area contributed by atoms with Crippen LogP contribution < -0.4 is 5.32 Å². The fourth-order valence-corrected chi connectivity index (χ4v) is 1.90. The van der Waals surface area contributed by atoms with E-state index < -0.39 is 17.6 Å². The summed E-state index contributed by atoms with van der Waals surface area (Å²) in [5.74, 6) is -1.15. The Balaban J connectivity index is 2.10. The molecule has 124 valence electrons. The van der Waals surface area contributed by atoms with E-state index in [1.807, 2.05) is 0 Å². The number of hydrogen-bond donors (Lipinski definition) is 1. The van der Waals surface area contributed by atoms with Crippen LogP contribution in [0.4, 0.5) is 18.9 Å². The molecule has 1 aliphatic rings. The van der Waals surface area contributed by atoms with Crippen molar-refractivity contribution >= 4 is 17.4 Å². The Morgan fingerprint density at radius 1 is 1.26 bits per heavy atom. The molecule has 0 aromatic heterocycles. The summed E-state index contributed by atoms with van der Waals surface area (Å²) in [5.41, 5.74) is -0.752. The van der Waals surface area contributed by atoms with Crippen molar-refractivity contribution in [2.45, 2.75) is 25.9 Å². The molecule has 1 saturated carbocycles. The van der Waals surface area contributed by atoms with Crippen molar-refractivity contribution in [3.8, 4) is 0 Å². The topological polar surface area (TPSA) is 55.4 Å². The van der Waals surface area contributed by atoms with Crippen molar-refractivity contribution in [3.63, 3.8) is 0 Å². The lowest BCUT2D eigenvalue weighted by Gasteiger charge is -2.10. The fourth-order valence-electron chi connectivity index (χ4n) is 1.90. The lowest BCUT2D eigenvalue weighted by Crippen LogP contribution is -2.22. The minimum Gasteiger partial charge on any atom is -0.501 e. The van der Waals surface area contributed by atoms with E-state index in [2.05, 4.69) is 5.32 Å². The molecule has 23 heavy (non-hydrogen) atoms. The molecule has 0 atom stereocenters. The summed E-state index contributed by atoms with van der Waals surface area (Å²) in [6.45, 7) is 2.01. The average molecular weight is 327 g/mol. The van der Waals surface area contributed by atoms with Crippen LogP contribution in [0.3, 0.4) is 0 Å². The minimum absolute atomic E-state index is 0.116. The molecule has 0 unspecified atom stereocenters. The van der Waals surface area contributed by atoms with Crippen molar-refractivity contribution in [1.29, 1.82) is 0 Å². The second kappa shape index (κ2) is 6.85. The van der Waals surface area contributed by atoms with Crippen LogP contribution in [0.2, 0.25) is 0 Å². The number of nitrogens with one attached hydrogen (secondary N) is 1. The number of carbonyl (C=O) groups excluding carboxylic acids is 2. The van der Waals surface area contributed by atoms with Crippen LogP contribution in [0.15, 0.2) is 36.1 Å². The zero-order valence-electron chi connectivity index (χ0n) is 12.4. The van der Waals surface area contributed by atoms with Gasteiger partial charge in [-0.3, -0.25) is 9.59 Å². The van der Waals surface area contributed by atoms with E-state index in [0.29, 0.717) is 6.61 Å². The molecule has 2 rings (SSSR count). The molecular weight excluding hydrogens is 311 g/mol. The van der Waals surface area contributed by atoms with Crippen LogP contribution in [0.25, 0.3) is 0 Å². The monoisotopic (exact) mass is 327 g/mol. The number of benzene rings is 1. The quantitative estimate of drug-likeness (QED) is 0.376. The zero-order chi connectivity index (χ0) is 17.0. The second-order valence-electron chi connectivity index (χ2n) is 5.15. The molecule has 1 aromatic carbocycles. The third kappa shape index (κ3) is 4.58. The largest absolute Gasteiger partial charge is 0.501 e. The van der Waals surface area contributed by atoms with Gasteiger partial charge in [-0.25, -0.2) is 0 Å². The van der Waals surface area contributed by atoms with Crippen molar-refractivity contribution in [2.75, 3.05) is 11.9 Å². The zero-order valence-corrected chi connectivity index (χ0v) is 12.4. The highest BCUT2D eigenvalue weighted by molar-refractivity contribution is 6.24. The Hall–Kier alpha value is -2.31. The van der Waals surface area contributed by atoms with Gasteiger partial charge in [-0.1, -0.05) is 0 Å². The number of rotatable bonds is 6. The highest BCUT2D eigenvalue weighted by atomic mass is 19.4. The Morgan fingerprint density at radius 3 is 2.35 bits per heavy atom. The molecule has 0 spiro atoms. The molecule has 0 radical (unpaired) electrons. The van der Waals surface area contributed by atoms with Crippen LogP contribution in [0.1, 0.15) is 25.3 Å². The predicted molar refractivity (Wildman–Crippen MR) is 77.5 cm³/mol. The van der Waals surface area contributed by atoms with E-state index in [4.69, 9.17) is 4.74 Å². The highest BCUT2D eigenvalue weighted by Crippen LogP contribution is 2.33. The third-order valence-electron chi connectivity index (χ3n) is 3.30. The van der Waals surface area contributed by atoms with Crippen LogP contribution in [0.5, 0.6) is 0 Å². The molecule has 1 amide bonds. The predicted octanol–water partition coefficient (Wildman–Crippen LogP) is 3.54. The molecule has 4 nitrogen and oxygen atoms in total. The highest BCUT2D eigenvalue weighted by Gasteiger charge is 2.35. The van der Waals surface area contributed by atoms with E-state index in [1.165, 1.54) is 0 Å². The van der Waals surface area contributed by atoms with E-state index >= 15 is 0 Å². The number of halogens is 3. The molecule has 1 aliphatic carbocycles. The maximum absolute atomic E-state index is 12.5. The molecule has 0 saturated heterocycles. The van der Waals surface area contributed by atoms with Gasteiger partial charge in [0.15, 0.2) is 5.78 Å². The molecule has 1 fully saturated rings. The van der Waals surface area contributed by atoms with E-state index in [-0.39, 0.29) is 23.0 Å². The van der Waals surface area contributed by atoms with Crippen LogP contribution >= 0.6 is 0 Å². The fraction of sp³-hybridized carbons (Fsp3) is 0.375. The number of anilines is 1. The van der Waals surface area contributed by atoms with Crippen molar-refractivity contribution in [2.24, 2.45) is 5.92 Å². The molecule has 0 aliphatic heterocycles. The first-order valence-electron chi connectivity index (χ1n) is 7.17. The molecule has 0 heterocycles. The summed E-state index contributed by atoms with van der Waals surface area (Å²) >= 11 is 0. The van der Waals surface area contributed by atoms with Crippen LogP contribution in [-0.4, -0.2) is 18.3 Å². The number of ether oxygens (including phenoxy) is 1. The molecule has 7 heteroatoms. The first-order valence-corrected chi connectivity index (χ1v) is 7.17. The lowest BCUT2D eigenvalue weighted by molar-refractivity contribution is -0.137. The second-order valence-corrected chi connectivity index (χ2v) is 5.15. The smallest absolute Gasteiger partial charge is 0.416 e. The Morgan fingerprint density at radius 2 is 1.87 bits per heavy atom. The molecular formula is C16H16F3NO3. The Labute approximate surface area is 131 Å². The molecule has 1 aromatic rings. The first kappa shape index (κ1) is 17.1. The summed E-state index contributed by atoms with van der Waals surface area (Å²) in [4.78, 5) is 24.2. The van der Waals surface area contributed by atoms with E-state index in [9.17, 15) is 22.8 Å². The maximum atomic E-state index is 12.5. The summed E-state index contributed by atoms with van der Waals surface area (Å²) < 4.78 is 42.5. The van der Waals surface area contributed by atoms with Crippen molar-refractivity contribution < 1.29 is 27.5 Å². The van der Waals surface area contributed by atoms with Gasteiger partial charge in [0, 0.05) is 11.6 Å². The van der Waals surface area contributed by atoms with Gasteiger partial charge >= 0.3 is 6.18 Å². The summed E-state index contributed by atoms with van der Waals surface area (Å²) in [7, 11) is 0. The maximum Gasteiger partial charge on any atom is 0.416 e. The standard InChI is InChI=1S/C16H16F3NO3/c1-2-23-9-13(14(21)10-3-4-10)15(22)20-12-7-5-11(6-8-12)16(17,18)19/h5-10H,2-4H2,1H3,(H,20,22). The third-order valence-corrected chi connectivity index (χ3v) is 3.30. The summed E-state index contributed by atoms with van der Waals surface area (Å²) in [5, 5.41) is 2.42. The summed E-state index contributed by atoms with van der Waals surface area (Å²) in [6, 6.07) is 4.01. The molecule has 0 bridgehead atoms. The normalized spacial score (nSPS) is 15.2. The van der Waals surface area contributed by atoms with Gasteiger partial charge in [-0.15, -0.1) is 0 Å². The van der Waals surface area contributed by atoms with Gasteiger partial charge in [0.05, 0.1) is 18.4 Å². The first-order chi connectivity index (χ1) is 10.8. The SMILES string of the molecule is CCOC=C(C(=O)Nc1ccc(C(F)(F)F)cc1)C(=O)C1CC1. The number of carbonyl (C=O) groups is 2. The summed E-state index contributed by atoms with van der Waals surface area (Å²) in [6.07, 6.45) is -1.86. The van der Waals surface area contributed by atoms with Gasteiger partial charge < -0.3 is 10.1 Å². The average Bonchev–Trinajstić information content (AvgIpc) is 3.31. The van der Waals surface area contributed by atoms with Crippen LogP contribution in [-0.2, 0) is 20.5 Å². The van der Waals surface area contributed by atoms with Gasteiger partial charge in [0.25, 0.3) is 5.91 Å². The Kier molecular flexibility index (Phi) is 5.08. The van der Waals surface area contributed by atoms with Crippen molar-refractivity contribution in [1.82, 2.24) is 0 Å². The number of Topliss-reactive ketones (excluding diaryl/α,β-unsaturated/α-hetero) is 1. The minimum atomic E-state index is -4.44. The number of alkyl halides is 3. The van der Waals surface area contributed by atoms with Crippen molar-refractivity contribution in [3.05, 3.63) is 41.7 Å². The van der Waals surface area contributed by atoms with Gasteiger partial charge in [0.1, 0.15) is 5.57 Å². The lowest BCUT2D eigenvalue weighted by atomic mass is 10.1. The van der Waals surface area contributed by atoms with E-state index in [0.717, 1.165) is 43.4 Å². The van der Waals surface area contributed by atoms with Gasteiger partial charge in [-0.05, 0) is 44.0 Å².